The van der Waals surface area contributed by atoms with Crippen molar-refractivity contribution < 1.29 is 9.47 Å². The Hall–Kier alpha value is -1.12. The van der Waals surface area contributed by atoms with Crippen molar-refractivity contribution in [2.45, 2.75) is 59.0 Å². The van der Waals surface area contributed by atoms with Crippen molar-refractivity contribution in [1.29, 1.82) is 0 Å². The van der Waals surface area contributed by atoms with Gasteiger partial charge in [0.15, 0.2) is 6.29 Å². The Morgan fingerprint density at radius 3 is 2.05 bits per heavy atom. The molecule has 1 rings (SSSR count). The highest BCUT2D eigenvalue weighted by molar-refractivity contribution is 5.48. The van der Waals surface area contributed by atoms with Crippen LogP contribution in [0.2, 0.25) is 0 Å². The lowest BCUT2D eigenvalue weighted by atomic mass is 10.2. The molecule has 1 aromatic rings. The molecule has 0 unspecified atom stereocenters. The van der Waals surface area contributed by atoms with Crippen LogP contribution in [0.1, 0.15) is 46.1 Å². The van der Waals surface area contributed by atoms with Crippen LogP contribution in [0, 0.1) is 0 Å². The average molecular weight is 262 g/mol. The van der Waals surface area contributed by atoms with Gasteiger partial charge < -0.3 is 9.47 Å². The summed E-state index contributed by atoms with van der Waals surface area (Å²) in [5.74, 6) is 0. The maximum atomic E-state index is 5.76. The molecular formula is C17H26O2. The lowest BCUT2D eigenvalue weighted by Gasteiger charge is -2.22. The minimum Gasteiger partial charge on any atom is -0.350 e. The summed E-state index contributed by atoms with van der Waals surface area (Å²) >= 11 is 0. The summed E-state index contributed by atoms with van der Waals surface area (Å²) in [6.45, 7) is 8.15. The zero-order valence-electron chi connectivity index (χ0n) is 12.5. The van der Waals surface area contributed by atoms with E-state index in [1.54, 1.807) is 0 Å². The maximum Gasteiger partial charge on any atom is 0.158 e. The zero-order valence-corrected chi connectivity index (χ0v) is 12.5. The second-order valence-electron chi connectivity index (χ2n) is 5.19. The molecule has 0 radical (unpaired) electrons. The van der Waals surface area contributed by atoms with Gasteiger partial charge in [0.2, 0.25) is 0 Å². The molecule has 2 nitrogen and oxygen atoms in total. The smallest absolute Gasteiger partial charge is 0.158 e. The third kappa shape index (κ3) is 7.81. The van der Waals surface area contributed by atoms with Crippen LogP contribution in [0.5, 0.6) is 0 Å². The van der Waals surface area contributed by atoms with Crippen molar-refractivity contribution in [2.24, 2.45) is 0 Å². The first-order valence-electron chi connectivity index (χ1n) is 7.10. The minimum absolute atomic E-state index is 0.111. The highest BCUT2D eigenvalue weighted by Crippen LogP contribution is 2.11. The van der Waals surface area contributed by atoms with Gasteiger partial charge in [-0.2, -0.15) is 0 Å². The summed E-state index contributed by atoms with van der Waals surface area (Å²) in [5, 5.41) is 0. The molecule has 19 heavy (non-hydrogen) atoms. The summed E-state index contributed by atoms with van der Waals surface area (Å²) in [7, 11) is 0. The third-order valence-corrected chi connectivity index (χ3v) is 2.53. The van der Waals surface area contributed by atoms with E-state index in [9.17, 15) is 0 Å². The van der Waals surface area contributed by atoms with E-state index in [0.717, 1.165) is 12.8 Å². The Balaban J connectivity index is 2.37. The highest BCUT2D eigenvalue weighted by Gasteiger charge is 2.12. The molecule has 0 saturated heterocycles. The van der Waals surface area contributed by atoms with Gasteiger partial charge in [-0.1, -0.05) is 42.5 Å². The molecule has 0 saturated carbocycles. The Morgan fingerprint density at radius 1 is 0.947 bits per heavy atom. The highest BCUT2D eigenvalue weighted by atomic mass is 16.7. The van der Waals surface area contributed by atoms with E-state index in [0.29, 0.717) is 0 Å². The van der Waals surface area contributed by atoms with Gasteiger partial charge in [0, 0.05) is 6.42 Å². The molecule has 0 heterocycles. The lowest BCUT2D eigenvalue weighted by Crippen LogP contribution is -2.24. The summed E-state index contributed by atoms with van der Waals surface area (Å²) in [4.78, 5) is 0. The van der Waals surface area contributed by atoms with Crippen molar-refractivity contribution in [3.63, 3.8) is 0 Å². The number of allylic oxidation sites excluding steroid dienone is 1. The molecular weight excluding hydrogens is 236 g/mol. The molecule has 0 aliphatic rings. The lowest BCUT2D eigenvalue weighted by molar-refractivity contribution is -0.183. The quantitative estimate of drug-likeness (QED) is 0.635. The van der Waals surface area contributed by atoms with Crippen molar-refractivity contribution in [1.82, 2.24) is 0 Å². The van der Waals surface area contributed by atoms with E-state index >= 15 is 0 Å². The number of hydrogen-bond acceptors (Lipinski definition) is 2. The Labute approximate surface area is 117 Å². The number of hydrogen-bond donors (Lipinski definition) is 0. The monoisotopic (exact) mass is 262 g/mol. The summed E-state index contributed by atoms with van der Waals surface area (Å²) < 4.78 is 11.5. The summed E-state index contributed by atoms with van der Waals surface area (Å²) in [5.41, 5.74) is 1.23. The SMILES string of the molecule is CC(C)OC(CCC=Cc1ccccc1)OC(C)C. The topological polar surface area (TPSA) is 18.5 Å². The fourth-order valence-corrected chi connectivity index (χ4v) is 1.79. The number of ether oxygens (including phenoxy) is 2. The molecule has 0 atom stereocenters. The zero-order chi connectivity index (χ0) is 14.1. The van der Waals surface area contributed by atoms with Crippen molar-refractivity contribution in [3.8, 4) is 0 Å². The molecule has 0 bridgehead atoms. The summed E-state index contributed by atoms with van der Waals surface area (Å²) in [6, 6.07) is 10.3. The van der Waals surface area contributed by atoms with Gasteiger partial charge in [-0.05, 0) is 39.7 Å². The maximum absolute atomic E-state index is 5.76. The molecule has 0 spiro atoms. The second kappa shape index (κ2) is 8.89. The number of rotatable bonds is 8. The van der Waals surface area contributed by atoms with E-state index in [1.807, 2.05) is 45.9 Å². The Bertz CT molecular complexity index is 345. The molecule has 2 heteroatoms. The van der Waals surface area contributed by atoms with Crippen LogP contribution in [0.4, 0.5) is 0 Å². The normalized spacial score (nSPS) is 12.2. The molecule has 0 N–H and O–H groups in total. The first-order valence-corrected chi connectivity index (χ1v) is 7.10. The molecule has 0 amide bonds. The molecule has 0 fully saturated rings. The van der Waals surface area contributed by atoms with Crippen LogP contribution in [0.25, 0.3) is 6.08 Å². The Kier molecular flexibility index (Phi) is 7.46. The van der Waals surface area contributed by atoms with Gasteiger partial charge in [0.25, 0.3) is 0 Å². The first-order chi connectivity index (χ1) is 9.08. The van der Waals surface area contributed by atoms with Gasteiger partial charge in [0.1, 0.15) is 0 Å². The van der Waals surface area contributed by atoms with Crippen molar-refractivity contribution >= 4 is 6.08 Å². The standard InChI is InChI=1S/C17H26O2/c1-14(2)18-17(19-15(3)4)13-9-8-12-16-10-6-5-7-11-16/h5-8,10-12,14-15,17H,9,13H2,1-4H3. The van der Waals surface area contributed by atoms with E-state index in [1.165, 1.54) is 5.56 Å². The number of benzene rings is 1. The van der Waals surface area contributed by atoms with Crippen molar-refractivity contribution in [3.05, 3.63) is 42.0 Å². The fraction of sp³-hybridized carbons (Fsp3) is 0.529. The molecule has 1 aromatic carbocycles. The average Bonchev–Trinajstić information content (AvgIpc) is 2.34. The summed E-state index contributed by atoms with van der Waals surface area (Å²) in [6.07, 6.45) is 6.44. The van der Waals surface area contributed by atoms with Crippen LogP contribution in [0.3, 0.4) is 0 Å². The first kappa shape index (κ1) is 15.9. The van der Waals surface area contributed by atoms with Gasteiger partial charge in [0.05, 0.1) is 12.2 Å². The van der Waals surface area contributed by atoms with Crippen LogP contribution in [-0.2, 0) is 9.47 Å². The van der Waals surface area contributed by atoms with Crippen LogP contribution >= 0.6 is 0 Å². The minimum atomic E-state index is -0.111. The predicted molar refractivity (Wildman–Crippen MR) is 80.9 cm³/mol. The van der Waals surface area contributed by atoms with Gasteiger partial charge >= 0.3 is 0 Å². The largest absolute Gasteiger partial charge is 0.350 e. The second-order valence-corrected chi connectivity index (χ2v) is 5.19. The fourth-order valence-electron chi connectivity index (χ4n) is 1.79. The van der Waals surface area contributed by atoms with E-state index < -0.39 is 0 Å². The molecule has 106 valence electrons. The molecule has 0 aromatic heterocycles. The van der Waals surface area contributed by atoms with Crippen LogP contribution in [-0.4, -0.2) is 18.5 Å². The molecule has 0 aliphatic carbocycles. The third-order valence-electron chi connectivity index (χ3n) is 2.53. The van der Waals surface area contributed by atoms with Crippen LogP contribution in [0.15, 0.2) is 36.4 Å². The van der Waals surface area contributed by atoms with E-state index in [-0.39, 0.29) is 18.5 Å². The van der Waals surface area contributed by atoms with Gasteiger partial charge in [-0.3, -0.25) is 0 Å². The predicted octanol–water partition coefficient (Wildman–Crippen LogP) is 4.66. The van der Waals surface area contributed by atoms with Gasteiger partial charge in [-0.25, -0.2) is 0 Å². The van der Waals surface area contributed by atoms with Crippen molar-refractivity contribution in [2.75, 3.05) is 0 Å². The van der Waals surface area contributed by atoms with E-state index in [2.05, 4.69) is 24.3 Å². The Morgan fingerprint density at radius 2 is 1.53 bits per heavy atom. The van der Waals surface area contributed by atoms with Gasteiger partial charge in [-0.15, -0.1) is 0 Å². The molecule has 0 aliphatic heterocycles. The van der Waals surface area contributed by atoms with Crippen LogP contribution < -0.4 is 0 Å². The van der Waals surface area contributed by atoms with E-state index in [4.69, 9.17) is 9.47 Å².